The Balaban J connectivity index is 2.37. The molecule has 0 spiro atoms. The molecule has 1 heterocycles. The molecule has 3 N–H and O–H groups in total. The summed E-state index contributed by atoms with van der Waals surface area (Å²) in [6.07, 6.45) is 1.90. The van der Waals surface area contributed by atoms with Gasteiger partial charge in [0.25, 0.3) is 0 Å². The van der Waals surface area contributed by atoms with Crippen LogP contribution in [0.3, 0.4) is 0 Å². The summed E-state index contributed by atoms with van der Waals surface area (Å²) in [5.41, 5.74) is 6.64. The number of hydrogen-bond acceptors (Lipinski definition) is 5. The number of nitrogens with two attached hydrogens (primary N) is 1. The summed E-state index contributed by atoms with van der Waals surface area (Å²) in [6.45, 7) is 3.97. The summed E-state index contributed by atoms with van der Waals surface area (Å²) in [6, 6.07) is 2.29. The van der Waals surface area contributed by atoms with E-state index in [1.165, 1.54) is 11.3 Å². The normalized spacial score (nSPS) is 14.7. The summed E-state index contributed by atoms with van der Waals surface area (Å²) in [5, 5.41) is 13.0. The Labute approximate surface area is 104 Å². The van der Waals surface area contributed by atoms with Crippen LogP contribution in [0.2, 0.25) is 0 Å². The fourth-order valence-corrected chi connectivity index (χ4v) is 2.87. The minimum atomic E-state index is 0.0980. The fourth-order valence-electron chi connectivity index (χ4n) is 1.63. The van der Waals surface area contributed by atoms with E-state index in [1.54, 1.807) is 0 Å². The molecule has 0 aliphatic heterocycles. The number of nitrogens with one attached hydrogen (secondary N) is 1. The van der Waals surface area contributed by atoms with Crippen molar-refractivity contribution in [2.24, 2.45) is 5.92 Å². The SMILES string of the molecule is CC(C)Nc1sc(C(=O)C2CC2)c(N)c1C#N. The van der Waals surface area contributed by atoms with E-state index in [-0.39, 0.29) is 17.7 Å². The number of Topliss-reactive ketones (excluding diaryl/α,β-unsaturated/α-hetero) is 1. The van der Waals surface area contributed by atoms with Gasteiger partial charge in [0.15, 0.2) is 5.78 Å². The highest BCUT2D eigenvalue weighted by Crippen LogP contribution is 2.41. The molecule has 1 saturated carbocycles. The minimum absolute atomic E-state index is 0.0980. The molecule has 1 aromatic rings. The zero-order valence-electron chi connectivity index (χ0n) is 9.91. The number of hydrogen-bond donors (Lipinski definition) is 2. The fraction of sp³-hybridized carbons (Fsp3) is 0.500. The Morgan fingerprint density at radius 1 is 1.59 bits per heavy atom. The Morgan fingerprint density at radius 3 is 2.71 bits per heavy atom. The topological polar surface area (TPSA) is 78.9 Å². The lowest BCUT2D eigenvalue weighted by molar-refractivity contribution is 0.0972. The van der Waals surface area contributed by atoms with Crippen LogP contribution in [0.4, 0.5) is 10.7 Å². The standard InChI is InChI=1S/C12H15N3OS/c1-6(2)15-12-8(5-13)9(14)11(17-12)10(16)7-3-4-7/h6-7,15H,3-4,14H2,1-2H3. The van der Waals surface area contributed by atoms with Gasteiger partial charge in [-0.1, -0.05) is 0 Å². The van der Waals surface area contributed by atoms with Crippen LogP contribution in [0.25, 0.3) is 0 Å². The van der Waals surface area contributed by atoms with E-state index in [4.69, 9.17) is 11.0 Å². The monoisotopic (exact) mass is 249 g/mol. The van der Waals surface area contributed by atoms with Crippen LogP contribution in [0.5, 0.6) is 0 Å². The number of carbonyl (C=O) groups excluding carboxylic acids is 1. The lowest BCUT2D eigenvalue weighted by Crippen LogP contribution is -2.09. The zero-order valence-corrected chi connectivity index (χ0v) is 10.7. The molecule has 0 radical (unpaired) electrons. The maximum Gasteiger partial charge on any atom is 0.178 e. The van der Waals surface area contributed by atoms with E-state index in [0.717, 1.165) is 12.8 Å². The van der Waals surface area contributed by atoms with E-state index in [9.17, 15) is 4.79 Å². The van der Waals surface area contributed by atoms with E-state index in [1.807, 2.05) is 13.8 Å². The van der Waals surface area contributed by atoms with E-state index >= 15 is 0 Å². The van der Waals surface area contributed by atoms with Gasteiger partial charge in [0.1, 0.15) is 16.6 Å². The molecule has 0 saturated heterocycles. The third kappa shape index (κ3) is 2.27. The van der Waals surface area contributed by atoms with Crippen molar-refractivity contribution in [2.75, 3.05) is 11.1 Å². The van der Waals surface area contributed by atoms with Gasteiger partial charge in [0, 0.05) is 12.0 Å². The molecule has 1 fully saturated rings. The van der Waals surface area contributed by atoms with Crippen LogP contribution >= 0.6 is 11.3 Å². The molecular weight excluding hydrogens is 234 g/mol. The number of thiophene rings is 1. The molecule has 0 atom stereocenters. The zero-order chi connectivity index (χ0) is 12.6. The van der Waals surface area contributed by atoms with Gasteiger partial charge in [0.05, 0.1) is 10.6 Å². The van der Waals surface area contributed by atoms with Crippen LogP contribution < -0.4 is 11.1 Å². The van der Waals surface area contributed by atoms with Crippen molar-refractivity contribution in [3.8, 4) is 6.07 Å². The van der Waals surface area contributed by atoms with Crippen molar-refractivity contribution in [3.05, 3.63) is 10.4 Å². The summed E-state index contributed by atoms with van der Waals surface area (Å²) in [5.74, 6) is 0.232. The Morgan fingerprint density at radius 2 is 2.24 bits per heavy atom. The van der Waals surface area contributed by atoms with Gasteiger partial charge in [-0.15, -0.1) is 11.3 Å². The van der Waals surface area contributed by atoms with Gasteiger partial charge in [-0.3, -0.25) is 4.79 Å². The average molecular weight is 249 g/mol. The first-order chi connectivity index (χ1) is 8.04. The second kappa shape index (κ2) is 4.38. The van der Waals surface area contributed by atoms with Gasteiger partial charge in [-0.2, -0.15) is 5.26 Å². The molecule has 0 bridgehead atoms. The number of nitrogens with zero attached hydrogens (tertiary/aromatic N) is 1. The maximum absolute atomic E-state index is 12.0. The molecule has 0 unspecified atom stereocenters. The molecule has 0 amide bonds. The highest BCUT2D eigenvalue weighted by molar-refractivity contribution is 7.19. The number of nitrogen functional groups attached to an aromatic ring is 1. The van der Waals surface area contributed by atoms with Crippen molar-refractivity contribution >= 4 is 27.8 Å². The van der Waals surface area contributed by atoms with Crippen LogP contribution in [-0.2, 0) is 0 Å². The quantitative estimate of drug-likeness (QED) is 0.804. The number of carbonyl (C=O) groups is 1. The molecule has 2 rings (SSSR count). The predicted molar refractivity (Wildman–Crippen MR) is 69.3 cm³/mol. The Hall–Kier alpha value is -1.54. The summed E-state index contributed by atoms with van der Waals surface area (Å²) >= 11 is 1.31. The maximum atomic E-state index is 12.0. The van der Waals surface area contributed by atoms with Crippen molar-refractivity contribution in [2.45, 2.75) is 32.7 Å². The van der Waals surface area contributed by atoms with Gasteiger partial charge in [-0.25, -0.2) is 0 Å². The van der Waals surface area contributed by atoms with Crippen molar-refractivity contribution < 1.29 is 4.79 Å². The molecule has 90 valence electrons. The number of rotatable bonds is 4. The summed E-state index contributed by atoms with van der Waals surface area (Å²) in [7, 11) is 0. The second-order valence-electron chi connectivity index (χ2n) is 4.60. The van der Waals surface area contributed by atoms with E-state index in [0.29, 0.717) is 21.1 Å². The van der Waals surface area contributed by atoms with Gasteiger partial charge >= 0.3 is 0 Å². The first-order valence-corrected chi connectivity index (χ1v) is 6.49. The molecule has 0 aromatic carbocycles. The van der Waals surface area contributed by atoms with E-state index < -0.39 is 0 Å². The highest BCUT2D eigenvalue weighted by Gasteiger charge is 2.34. The third-order valence-electron chi connectivity index (χ3n) is 2.65. The van der Waals surface area contributed by atoms with Crippen molar-refractivity contribution in [3.63, 3.8) is 0 Å². The minimum Gasteiger partial charge on any atom is -0.396 e. The summed E-state index contributed by atoms with van der Waals surface area (Å²) < 4.78 is 0. The van der Waals surface area contributed by atoms with Crippen LogP contribution in [-0.4, -0.2) is 11.8 Å². The van der Waals surface area contributed by atoms with E-state index in [2.05, 4.69) is 11.4 Å². The van der Waals surface area contributed by atoms with Crippen LogP contribution in [0.1, 0.15) is 41.9 Å². The molecule has 5 heteroatoms. The van der Waals surface area contributed by atoms with Crippen LogP contribution in [0.15, 0.2) is 0 Å². The Kier molecular flexibility index (Phi) is 3.07. The molecule has 1 aliphatic carbocycles. The molecule has 17 heavy (non-hydrogen) atoms. The molecule has 1 aromatic heterocycles. The van der Waals surface area contributed by atoms with Crippen LogP contribution in [0, 0.1) is 17.2 Å². The van der Waals surface area contributed by atoms with Gasteiger partial charge in [0.2, 0.25) is 0 Å². The highest BCUT2D eigenvalue weighted by atomic mass is 32.1. The van der Waals surface area contributed by atoms with Gasteiger partial charge < -0.3 is 11.1 Å². The predicted octanol–water partition coefficient (Wildman–Crippen LogP) is 2.61. The summed E-state index contributed by atoms with van der Waals surface area (Å²) in [4.78, 5) is 12.5. The molecule has 4 nitrogen and oxygen atoms in total. The largest absolute Gasteiger partial charge is 0.396 e. The van der Waals surface area contributed by atoms with Crippen molar-refractivity contribution in [1.82, 2.24) is 0 Å². The molecular formula is C12H15N3OS. The lowest BCUT2D eigenvalue weighted by Gasteiger charge is -2.06. The lowest BCUT2D eigenvalue weighted by atomic mass is 10.1. The molecule has 1 aliphatic rings. The Bertz CT molecular complexity index is 495. The first-order valence-electron chi connectivity index (χ1n) is 5.67. The third-order valence-corrected chi connectivity index (χ3v) is 3.80. The number of anilines is 2. The second-order valence-corrected chi connectivity index (χ2v) is 5.62. The van der Waals surface area contributed by atoms with Gasteiger partial charge in [-0.05, 0) is 26.7 Å². The average Bonchev–Trinajstić information content (AvgIpc) is 3.04. The van der Waals surface area contributed by atoms with Crippen molar-refractivity contribution in [1.29, 1.82) is 5.26 Å². The first kappa shape index (κ1) is 11.9. The number of nitriles is 1. The number of ketones is 1. The smallest absolute Gasteiger partial charge is 0.178 e.